The lowest BCUT2D eigenvalue weighted by molar-refractivity contribution is -0.132. The van der Waals surface area contributed by atoms with Crippen LogP contribution in [0.1, 0.15) is 22.7 Å². The van der Waals surface area contributed by atoms with Crippen LogP contribution in [0.15, 0.2) is 66.2 Å². The Morgan fingerprint density at radius 1 is 1.06 bits per heavy atom. The fourth-order valence-corrected chi connectivity index (χ4v) is 5.78. The van der Waals surface area contributed by atoms with E-state index in [4.69, 9.17) is 21.1 Å². The van der Waals surface area contributed by atoms with Gasteiger partial charge in [-0.3, -0.25) is 14.5 Å². The zero-order valence-electron chi connectivity index (χ0n) is 19.0. The Labute approximate surface area is 215 Å². The average Bonchev–Trinajstić information content (AvgIpc) is 3.41. The van der Waals surface area contributed by atoms with Gasteiger partial charge in [0.1, 0.15) is 19.0 Å². The predicted octanol–water partition coefficient (Wildman–Crippen LogP) is 5.66. The van der Waals surface area contributed by atoms with E-state index < -0.39 is 17.7 Å². The molecule has 4 aromatic rings. The fraction of sp³-hybridized carbons (Fsp3) is 0.148. The molecule has 2 aliphatic heterocycles. The monoisotopic (exact) mass is 518 g/mol. The van der Waals surface area contributed by atoms with Crippen molar-refractivity contribution in [3.63, 3.8) is 0 Å². The van der Waals surface area contributed by atoms with Gasteiger partial charge in [-0.1, -0.05) is 41.1 Å². The summed E-state index contributed by atoms with van der Waals surface area (Å²) in [4.78, 5) is 32.8. The molecule has 3 heterocycles. The van der Waals surface area contributed by atoms with Crippen LogP contribution in [0.2, 0.25) is 5.02 Å². The van der Waals surface area contributed by atoms with Gasteiger partial charge in [0.15, 0.2) is 16.6 Å². The molecule has 0 spiro atoms. The van der Waals surface area contributed by atoms with Crippen molar-refractivity contribution in [3.8, 4) is 11.5 Å². The Morgan fingerprint density at radius 2 is 1.86 bits per heavy atom. The summed E-state index contributed by atoms with van der Waals surface area (Å²) in [7, 11) is 0. The Morgan fingerprint density at radius 3 is 2.67 bits per heavy atom. The second kappa shape index (κ2) is 8.65. The van der Waals surface area contributed by atoms with E-state index in [1.165, 1.54) is 16.2 Å². The Hall–Kier alpha value is -3.88. The number of ether oxygens (including phenoxy) is 2. The Balaban J connectivity index is 1.54. The zero-order chi connectivity index (χ0) is 25.0. The number of hydrogen-bond donors (Lipinski definition) is 1. The number of fused-ring (bicyclic) bond motifs is 2. The van der Waals surface area contributed by atoms with Crippen molar-refractivity contribution in [2.75, 3.05) is 18.1 Å². The third-order valence-corrected chi connectivity index (χ3v) is 7.42. The molecule has 0 radical (unpaired) electrons. The minimum Gasteiger partial charge on any atom is -0.507 e. The van der Waals surface area contributed by atoms with Crippen molar-refractivity contribution in [1.82, 2.24) is 4.98 Å². The Bertz CT molecular complexity index is 1590. The van der Waals surface area contributed by atoms with Crippen LogP contribution < -0.4 is 14.4 Å². The van der Waals surface area contributed by atoms with Crippen LogP contribution in [0.5, 0.6) is 11.5 Å². The highest BCUT2D eigenvalue weighted by atomic mass is 35.5. The molecule has 1 saturated heterocycles. The summed E-state index contributed by atoms with van der Waals surface area (Å²) in [6, 6.07) is 16.7. The number of aliphatic hydroxyl groups is 1. The summed E-state index contributed by atoms with van der Waals surface area (Å²) in [5.74, 6) is -0.873. The van der Waals surface area contributed by atoms with Gasteiger partial charge in [0, 0.05) is 10.6 Å². The van der Waals surface area contributed by atoms with Gasteiger partial charge in [0.05, 0.1) is 21.8 Å². The molecule has 180 valence electrons. The quantitative estimate of drug-likeness (QED) is 0.214. The van der Waals surface area contributed by atoms with Crippen molar-refractivity contribution in [2.24, 2.45) is 0 Å². The van der Waals surface area contributed by atoms with Crippen molar-refractivity contribution in [2.45, 2.75) is 13.0 Å². The fourth-order valence-electron chi connectivity index (χ4n) is 4.49. The second-order valence-corrected chi connectivity index (χ2v) is 10.00. The molecule has 1 atom stereocenters. The number of ketones is 1. The van der Waals surface area contributed by atoms with Gasteiger partial charge < -0.3 is 14.6 Å². The third-order valence-electron chi connectivity index (χ3n) is 6.16. The minimum absolute atomic E-state index is 0.0469. The van der Waals surface area contributed by atoms with E-state index in [0.717, 1.165) is 15.8 Å². The lowest BCUT2D eigenvalue weighted by Gasteiger charge is -2.23. The maximum absolute atomic E-state index is 13.4. The van der Waals surface area contributed by atoms with Crippen molar-refractivity contribution in [1.29, 1.82) is 0 Å². The molecular weight excluding hydrogens is 500 g/mol. The summed E-state index contributed by atoms with van der Waals surface area (Å²) >= 11 is 7.60. The topological polar surface area (TPSA) is 89.0 Å². The van der Waals surface area contributed by atoms with Crippen molar-refractivity contribution in [3.05, 3.63) is 87.9 Å². The first-order valence-corrected chi connectivity index (χ1v) is 12.4. The smallest absolute Gasteiger partial charge is 0.301 e. The number of rotatable bonds is 3. The number of halogens is 1. The number of aliphatic hydroxyl groups excluding tert-OH is 1. The van der Waals surface area contributed by atoms with Gasteiger partial charge in [0.2, 0.25) is 0 Å². The van der Waals surface area contributed by atoms with Gasteiger partial charge in [-0.15, -0.1) is 0 Å². The number of hydrogen-bond acceptors (Lipinski definition) is 7. The number of amides is 1. The van der Waals surface area contributed by atoms with E-state index in [1.807, 2.05) is 25.1 Å². The van der Waals surface area contributed by atoms with Crippen LogP contribution in [0, 0.1) is 6.92 Å². The third kappa shape index (κ3) is 3.70. The number of carbonyl (C=O) groups is 2. The highest BCUT2D eigenvalue weighted by Crippen LogP contribution is 2.45. The number of anilines is 1. The molecule has 0 aliphatic carbocycles. The average molecular weight is 519 g/mol. The highest BCUT2D eigenvalue weighted by molar-refractivity contribution is 7.22. The molecule has 1 amide bonds. The summed E-state index contributed by atoms with van der Waals surface area (Å²) in [6.45, 7) is 2.78. The van der Waals surface area contributed by atoms with Crippen molar-refractivity contribution < 1.29 is 24.2 Å². The van der Waals surface area contributed by atoms with E-state index in [1.54, 1.807) is 42.5 Å². The van der Waals surface area contributed by atoms with E-state index in [0.29, 0.717) is 46.0 Å². The molecule has 2 aliphatic rings. The number of benzene rings is 3. The van der Waals surface area contributed by atoms with Gasteiger partial charge in [-0.25, -0.2) is 4.98 Å². The second-order valence-electron chi connectivity index (χ2n) is 8.55. The minimum atomic E-state index is -0.918. The maximum Gasteiger partial charge on any atom is 0.301 e. The number of Topliss-reactive ketones (excluding diaryl/α,β-unsaturated/α-hetero) is 1. The van der Waals surface area contributed by atoms with Crippen LogP contribution in [-0.4, -0.2) is 35.0 Å². The normalized spacial score (nSPS) is 18.7. The van der Waals surface area contributed by atoms with E-state index in [9.17, 15) is 14.7 Å². The molecule has 1 aromatic heterocycles. The molecule has 3 aromatic carbocycles. The van der Waals surface area contributed by atoms with Crippen molar-refractivity contribution >= 4 is 55.7 Å². The lowest BCUT2D eigenvalue weighted by atomic mass is 9.95. The predicted molar refractivity (Wildman–Crippen MR) is 138 cm³/mol. The van der Waals surface area contributed by atoms with E-state index in [-0.39, 0.29) is 11.3 Å². The first-order valence-electron chi connectivity index (χ1n) is 11.2. The number of aromatic nitrogens is 1. The maximum atomic E-state index is 13.4. The van der Waals surface area contributed by atoms with E-state index >= 15 is 0 Å². The number of aryl methyl sites for hydroxylation is 1. The van der Waals surface area contributed by atoms with Gasteiger partial charge in [-0.2, -0.15) is 0 Å². The molecule has 1 fully saturated rings. The largest absolute Gasteiger partial charge is 0.507 e. The molecule has 6 rings (SSSR count). The Kier molecular flexibility index (Phi) is 5.43. The molecule has 1 N–H and O–H groups in total. The summed E-state index contributed by atoms with van der Waals surface area (Å²) in [6.07, 6.45) is 0. The van der Waals surface area contributed by atoms with Gasteiger partial charge >= 0.3 is 5.91 Å². The molecule has 0 bridgehead atoms. The molecule has 0 unspecified atom stereocenters. The molecule has 7 nitrogen and oxygen atoms in total. The zero-order valence-corrected chi connectivity index (χ0v) is 20.6. The van der Waals surface area contributed by atoms with E-state index in [2.05, 4.69) is 4.98 Å². The van der Waals surface area contributed by atoms with Crippen LogP contribution in [0.25, 0.3) is 16.0 Å². The highest BCUT2D eigenvalue weighted by Gasteiger charge is 2.48. The summed E-state index contributed by atoms with van der Waals surface area (Å²) in [5.41, 5.74) is 2.65. The van der Waals surface area contributed by atoms with Gasteiger partial charge in [-0.05, 0) is 60.5 Å². The molecule has 9 heteroatoms. The summed E-state index contributed by atoms with van der Waals surface area (Å²) < 4.78 is 12.1. The van der Waals surface area contributed by atoms with Crippen LogP contribution in [-0.2, 0) is 9.59 Å². The van der Waals surface area contributed by atoms with Gasteiger partial charge in [0.25, 0.3) is 5.78 Å². The number of nitrogens with zero attached hydrogens (tertiary/aromatic N) is 2. The first-order chi connectivity index (χ1) is 17.4. The van der Waals surface area contributed by atoms with Crippen LogP contribution in [0.3, 0.4) is 0 Å². The molecular formula is C27H19ClN2O5S. The summed E-state index contributed by atoms with van der Waals surface area (Å²) in [5, 5.41) is 12.2. The SMILES string of the molecule is Cc1ccc2nc(N3C(=O)C(=O)C(=C(O)c4ccc5c(c4)OCCO5)[C@@H]3c3cccc(Cl)c3)sc2c1. The molecule has 0 saturated carbocycles. The van der Waals surface area contributed by atoms with Crippen LogP contribution >= 0.6 is 22.9 Å². The number of carbonyl (C=O) groups excluding carboxylic acids is 2. The standard InChI is InChI=1S/C27H19ClN2O5S/c1-14-5-7-18-21(11-14)36-27(29-18)30-23(15-3-2-4-17(28)12-15)22(25(32)26(30)33)24(31)16-6-8-19-20(13-16)35-10-9-34-19/h2-8,11-13,23,31H,9-10H2,1H3/t23-/m0/s1. The first kappa shape index (κ1) is 22.6. The molecule has 36 heavy (non-hydrogen) atoms. The lowest BCUT2D eigenvalue weighted by Crippen LogP contribution is -2.29. The van der Waals surface area contributed by atoms with Crippen LogP contribution in [0.4, 0.5) is 5.13 Å². The number of thiazole rings is 1.